The quantitative estimate of drug-likeness (QED) is 0.454. The molecule has 0 aromatic heterocycles. The Labute approximate surface area is 129 Å². The molecule has 5 heteroatoms. The number of carboxylic acid groups (broad SMARTS) is 1. The van der Waals surface area contributed by atoms with Crippen LogP contribution < -0.4 is 11.5 Å². The summed E-state index contributed by atoms with van der Waals surface area (Å²) in [4.78, 5) is 19.6. The fourth-order valence-electron chi connectivity index (χ4n) is 1.86. The lowest BCUT2D eigenvalue weighted by Gasteiger charge is -2.00. The van der Waals surface area contributed by atoms with Crippen LogP contribution in [-0.2, 0) is 9.59 Å². The predicted octanol–water partition coefficient (Wildman–Crippen LogP) is 3.20. The Hall–Kier alpha value is -1.10. The third-order valence-corrected chi connectivity index (χ3v) is 3.14. The van der Waals surface area contributed by atoms with Crippen molar-refractivity contribution in [3.05, 3.63) is 0 Å². The summed E-state index contributed by atoms with van der Waals surface area (Å²) in [6.45, 7) is 3.14. The molecule has 0 aromatic rings. The predicted molar refractivity (Wildman–Crippen MR) is 87.0 cm³/mol. The molecule has 5 nitrogen and oxygen atoms in total. The van der Waals surface area contributed by atoms with Crippen molar-refractivity contribution in [2.45, 2.75) is 84.0 Å². The normalized spacial score (nSPS) is 9.81. The molecule has 0 saturated heterocycles. The van der Waals surface area contributed by atoms with Gasteiger partial charge in [0.25, 0.3) is 0 Å². The summed E-state index contributed by atoms with van der Waals surface area (Å²) in [6.07, 6.45) is 13.7. The van der Waals surface area contributed by atoms with E-state index in [2.05, 4.69) is 12.7 Å². The molecular formula is C16H34N2O3. The Balaban J connectivity index is 0. The molecule has 126 valence electrons. The summed E-state index contributed by atoms with van der Waals surface area (Å²) < 4.78 is 0. The number of carboxylic acids is 1. The van der Waals surface area contributed by atoms with Gasteiger partial charge in [-0.25, -0.2) is 0 Å². The van der Waals surface area contributed by atoms with E-state index in [1.165, 1.54) is 64.2 Å². The van der Waals surface area contributed by atoms with E-state index in [9.17, 15) is 9.59 Å². The van der Waals surface area contributed by atoms with Crippen LogP contribution in [0.25, 0.3) is 0 Å². The number of carbonyl (C=O) groups is 2. The Morgan fingerprint density at radius 3 is 1.52 bits per heavy atom. The first-order chi connectivity index (χ1) is 10.0. The van der Waals surface area contributed by atoms with E-state index in [4.69, 9.17) is 10.8 Å². The fraction of sp³-hybridized carbons (Fsp3) is 0.875. The van der Waals surface area contributed by atoms with E-state index in [1.54, 1.807) is 0 Å². The summed E-state index contributed by atoms with van der Waals surface area (Å²) in [6, 6.07) is 0. The molecule has 0 rings (SSSR count). The van der Waals surface area contributed by atoms with Gasteiger partial charge in [0, 0.05) is 6.42 Å². The maximum absolute atomic E-state index is 9.86. The van der Waals surface area contributed by atoms with Crippen LogP contribution >= 0.6 is 0 Å². The maximum atomic E-state index is 9.86. The highest BCUT2D eigenvalue weighted by Gasteiger charge is 1.98. The molecule has 0 aliphatic heterocycles. The number of carbonyl (C=O) groups excluding carboxylic acids is 1. The summed E-state index contributed by atoms with van der Waals surface area (Å²) in [5.74, 6) is -1.57. The second kappa shape index (κ2) is 18.9. The smallest absolute Gasteiger partial charge is 0.303 e. The Bertz CT molecular complexity index is 222. The third-order valence-electron chi connectivity index (χ3n) is 3.14. The van der Waals surface area contributed by atoms with Gasteiger partial charge in [-0.05, 0) is 13.0 Å². The van der Waals surface area contributed by atoms with Crippen molar-refractivity contribution in [3.63, 3.8) is 0 Å². The molecular weight excluding hydrogens is 268 g/mol. The molecule has 0 saturated carbocycles. The third kappa shape index (κ3) is 27.9. The average molecular weight is 302 g/mol. The average Bonchev–Trinajstić information content (AvgIpc) is 2.44. The lowest BCUT2D eigenvalue weighted by molar-refractivity contribution is -0.138. The first-order valence-corrected chi connectivity index (χ1v) is 8.24. The highest BCUT2D eigenvalue weighted by Crippen LogP contribution is 2.09. The van der Waals surface area contributed by atoms with Gasteiger partial charge >= 0.3 is 5.97 Å². The van der Waals surface area contributed by atoms with Gasteiger partial charge in [0.2, 0.25) is 5.91 Å². The van der Waals surface area contributed by atoms with Crippen LogP contribution in [0.15, 0.2) is 0 Å². The van der Waals surface area contributed by atoms with Crippen molar-refractivity contribution in [3.8, 4) is 0 Å². The molecule has 21 heavy (non-hydrogen) atoms. The van der Waals surface area contributed by atoms with Crippen LogP contribution in [0, 0.1) is 0 Å². The molecule has 1 amide bonds. The number of unbranched alkanes of at least 4 members (excludes halogenated alkanes) is 9. The zero-order valence-corrected chi connectivity index (χ0v) is 13.6. The van der Waals surface area contributed by atoms with Crippen LogP contribution in [0.3, 0.4) is 0 Å². The van der Waals surface area contributed by atoms with Crippen LogP contribution in [0.4, 0.5) is 0 Å². The summed E-state index contributed by atoms with van der Waals surface area (Å²) in [5.41, 5.74) is 10.1. The number of hydrogen-bond donors (Lipinski definition) is 3. The summed E-state index contributed by atoms with van der Waals surface area (Å²) >= 11 is 0. The zero-order valence-electron chi connectivity index (χ0n) is 13.6. The number of primary amides is 1. The van der Waals surface area contributed by atoms with Crippen LogP contribution in [0.5, 0.6) is 0 Å². The second-order valence-electron chi connectivity index (χ2n) is 5.33. The fourth-order valence-corrected chi connectivity index (χ4v) is 1.86. The Morgan fingerprint density at radius 1 is 0.810 bits per heavy atom. The van der Waals surface area contributed by atoms with Crippen LogP contribution in [0.2, 0.25) is 0 Å². The highest BCUT2D eigenvalue weighted by molar-refractivity contribution is 5.79. The molecule has 0 spiro atoms. The van der Waals surface area contributed by atoms with E-state index in [-0.39, 0.29) is 12.8 Å². The van der Waals surface area contributed by atoms with Crippen molar-refractivity contribution >= 4 is 11.9 Å². The largest absolute Gasteiger partial charge is 0.481 e. The molecule has 0 aliphatic rings. The molecule has 5 N–H and O–H groups in total. The lowest BCUT2D eigenvalue weighted by atomic mass is 10.1. The summed E-state index contributed by atoms with van der Waals surface area (Å²) in [7, 11) is 0. The molecule has 0 bridgehead atoms. The van der Waals surface area contributed by atoms with Gasteiger partial charge < -0.3 is 16.6 Å². The lowest BCUT2D eigenvalue weighted by Crippen LogP contribution is -2.12. The zero-order chi connectivity index (χ0) is 16.3. The van der Waals surface area contributed by atoms with Crippen LogP contribution in [-0.4, -0.2) is 23.5 Å². The van der Waals surface area contributed by atoms with Gasteiger partial charge in [-0.15, -0.1) is 0 Å². The van der Waals surface area contributed by atoms with E-state index in [0.29, 0.717) is 0 Å². The van der Waals surface area contributed by atoms with E-state index < -0.39 is 11.9 Å². The van der Waals surface area contributed by atoms with Gasteiger partial charge in [0.05, 0.1) is 6.42 Å². The Morgan fingerprint density at radius 2 is 1.24 bits per heavy atom. The minimum absolute atomic E-state index is 0.0741. The van der Waals surface area contributed by atoms with Gasteiger partial charge in [-0.2, -0.15) is 0 Å². The number of rotatable bonds is 13. The van der Waals surface area contributed by atoms with Gasteiger partial charge in [-0.3, -0.25) is 9.59 Å². The standard InChI is InChI=1S/C12H27N.C4H7NO3/c1-2-3-4-5-6-7-8-9-10-11-12-13;5-3(6)1-2-4(7)8/h2-13H2,1H3;1-2H2,(H2,5,6)(H,7,8). The minimum atomic E-state index is -0.996. The van der Waals surface area contributed by atoms with Crippen molar-refractivity contribution in [2.75, 3.05) is 6.54 Å². The van der Waals surface area contributed by atoms with Crippen molar-refractivity contribution in [1.82, 2.24) is 0 Å². The van der Waals surface area contributed by atoms with E-state index in [0.717, 1.165) is 6.54 Å². The number of hydrogen-bond acceptors (Lipinski definition) is 3. The van der Waals surface area contributed by atoms with Gasteiger partial charge in [0.1, 0.15) is 0 Å². The van der Waals surface area contributed by atoms with Crippen LogP contribution in [0.1, 0.15) is 84.0 Å². The maximum Gasteiger partial charge on any atom is 0.303 e. The summed E-state index contributed by atoms with van der Waals surface area (Å²) in [5, 5.41) is 7.95. The topological polar surface area (TPSA) is 106 Å². The molecule has 0 atom stereocenters. The van der Waals surface area contributed by atoms with E-state index >= 15 is 0 Å². The SMILES string of the molecule is CCCCCCCCCCCCN.NC(=O)CCC(=O)O. The van der Waals surface area contributed by atoms with Crippen molar-refractivity contribution in [2.24, 2.45) is 11.5 Å². The van der Waals surface area contributed by atoms with Gasteiger partial charge in [-0.1, -0.05) is 64.7 Å². The molecule has 0 heterocycles. The first-order valence-electron chi connectivity index (χ1n) is 8.24. The van der Waals surface area contributed by atoms with Gasteiger partial charge in [0.15, 0.2) is 0 Å². The highest BCUT2D eigenvalue weighted by atomic mass is 16.4. The van der Waals surface area contributed by atoms with Crippen molar-refractivity contribution in [1.29, 1.82) is 0 Å². The minimum Gasteiger partial charge on any atom is -0.481 e. The first kappa shape index (κ1) is 22.2. The second-order valence-corrected chi connectivity index (χ2v) is 5.33. The molecule has 0 fully saturated rings. The molecule has 0 aliphatic carbocycles. The number of amides is 1. The van der Waals surface area contributed by atoms with E-state index in [1.807, 2.05) is 0 Å². The number of aliphatic carboxylic acids is 1. The Kier molecular flexibility index (Phi) is 20.0. The number of nitrogens with two attached hydrogens (primary N) is 2. The monoisotopic (exact) mass is 302 g/mol. The molecule has 0 aromatic carbocycles. The molecule has 0 unspecified atom stereocenters. The van der Waals surface area contributed by atoms with Crippen molar-refractivity contribution < 1.29 is 14.7 Å². The molecule has 0 radical (unpaired) electrons.